The summed E-state index contributed by atoms with van der Waals surface area (Å²) in [7, 11) is 0. The molecule has 88 valence electrons. The van der Waals surface area contributed by atoms with Crippen LogP contribution in [0.3, 0.4) is 0 Å². The molecule has 0 aliphatic heterocycles. The average Bonchev–Trinajstić information content (AvgIpc) is 2.83. The van der Waals surface area contributed by atoms with Crippen LogP contribution in [0.2, 0.25) is 0 Å². The molecule has 0 atom stereocenters. The first-order valence-corrected chi connectivity index (χ1v) is 5.72. The van der Waals surface area contributed by atoms with Gasteiger partial charge in [0.05, 0.1) is 11.4 Å². The first kappa shape index (κ1) is 10.6. The summed E-state index contributed by atoms with van der Waals surface area (Å²) in [6.45, 7) is 0. The molecule has 3 nitrogen and oxygen atoms in total. The standard InChI is InChI=1S/C15H12N2O/c18-15-11-14(12-7-3-1-4-8-12)16-17(15)13-9-5-2-6-10-13/h1-11,18H/p-1. The fraction of sp³-hybridized carbons (Fsp3) is 0. The van der Waals surface area contributed by atoms with Crippen molar-refractivity contribution in [2.45, 2.75) is 0 Å². The van der Waals surface area contributed by atoms with Crippen molar-refractivity contribution in [2.24, 2.45) is 0 Å². The van der Waals surface area contributed by atoms with Gasteiger partial charge < -0.3 is 5.11 Å². The van der Waals surface area contributed by atoms with E-state index in [1.165, 1.54) is 4.68 Å². The lowest BCUT2D eigenvalue weighted by Gasteiger charge is -2.08. The smallest absolute Gasteiger partial charge is 0.0921 e. The normalized spacial score (nSPS) is 10.4. The summed E-state index contributed by atoms with van der Waals surface area (Å²) in [6.07, 6.45) is 0. The Morgan fingerprint density at radius 3 is 2.11 bits per heavy atom. The molecule has 0 unspecified atom stereocenters. The van der Waals surface area contributed by atoms with E-state index in [9.17, 15) is 5.11 Å². The van der Waals surface area contributed by atoms with Crippen LogP contribution in [0.25, 0.3) is 16.9 Å². The minimum Gasteiger partial charge on any atom is -0.859 e. The Labute approximate surface area is 105 Å². The highest BCUT2D eigenvalue weighted by atomic mass is 16.3. The molecule has 0 amide bonds. The van der Waals surface area contributed by atoms with Crippen LogP contribution in [0, 0.1) is 0 Å². The molecule has 3 rings (SSSR count). The lowest BCUT2D eigenvalue weighted by molar-refractivity contribution is -0.277. The molecule has 0 spiro atoms. The van der Waals surface area contributed by atoms with Crippen LogP contribution in [0.15, 0.2) is 66.7 Å². The van der Waals surface area contributed by atoms with Crippen molar-refractivity contribution in [3.05, 3.63) is 66.7 Å². The van der Waals surface area contributed by atoms with Gasteiger partial charge >= 0.3 is 0 Å². The van der Waals surface area contributed by atoms with Crippen LogP contribution in [-0.4, -0.2) is 9.78 Å². The van der Waals surface area contributed by atoms with Crippen molar-refractivity contribution >= 4 is 0 Å². The number of nitrogens with zero attached hydrogens (tertiary/aromatic N) is 2. The maximum absolute atomic E-state index is 11.9. The van der Waals surface area contributed by atoms with Gasteiger partial charge in [-0.15, -0.1) is 0 Å². The topological polar surface area (TPSA) is 40.9 Å². The van der Waals surface area contributed by atoms with Gasteiger partial charge in [0, 0.05) is 5.56 Å². The number of para-hydroxylation sites is 1. The van der Waals surface area contributed by atoms with Gasteiger partial charge in [-0.2, -0.15) is 5.10 Å². The number of rotatable bonds is 2. The number of hydrogen-bond donors (Lipinski definition) is 0. The second kappa shape index (κ2) is 4.37. The zero-order chi connectivity index (χ0) is 12.4. The lowest BCUT2D eigenvalue weighted by atomic mass is 10.2. The molecule has 3 aromatic rings. The van der Waals surface area contributed by atoms with E-state index in [2.05, 4.69) is 5.10 Å². The largest absolute Gasteiger partial charge is 0.859 e. The van der Waals surface area contributed by atoms with Crippen molar-refractivity contribution in [3.63, 3.8) is 0 Å². The van der Waals surface area contributed by atoms with Crippen molar-refractivity contribution < 1.29 is 5.11 Å². The fourth-order valence-corrected chi connectivity index (χ4v) is 1.87. The summed E-state index contributed by atoms with van der Waals surface area (Å²) in [6, 6.07) is 20.7. The number of hydrogen-bond acceptors (Lipinski definition) is 2. The predicted octanol–water partition coefficient (Wildman–Crippen LogP) is 2.61. The molecule has 0 saturated heterocycles. The molecule has 3 heteroatoms. The Morgan fingerprint density at radius 1 is 0.833 bits per heavy atom. The monoisotopic (exact) mass is 235 g/mol. The third-order valence-electron chi connectivity index (χ3n) is 2.75. The molecule has 18 heavy (non-hydrogen) atoms. The molecular weight excluding hydrogens is 224 g/mol. The molecular formula is C15H11N2O-. The minimum atomic E-state index is -0.111. The molecule has 0 radical (unpaired) electrons. The minimum absolute atomic E-state index is 0.111. The van der Waals surface area contributed by atoms with Gasteiger partial charge in [-0.3, -0.25) is 0 Å². The van der Waals surface area contributed by atoms with Crippen molar-refractivity contribution in [1.29, 1.82) is 0 Å². The molecule has 1 aromatic heterocycles. The van der Waals surface area contributed by atoms with Gasteiger partial charge in [-0.25, -0.2) is 4.68 Å². The van der Waals surface area contributed by atoms with Gasteiger partial charge in [-0.1, -0.05) is 48.5 Å². The summed E-state index contributed by atoms with van der Waals surface area (Å²) < 4.78 is 1.42. The molecule has 0 fully saturated rings. The number of aromatic nitrogens is 2. The molecule has 1 heterocycles. The molecule has 0 saturated carbocycles. The van der Waals surface area contributed by atoms with E-state index < -0.39 is 0 Å². The summed E-state index contributed by atoms with van der Waals surface area (Å²) >= 11 is 0. The van der Waals surface area contributed by atoms with Crippen molar-refractivity contribution in [1.82, 2.24) is 9.78 Å². The third kappa shape index (κ3) is 1.86. The molecule has 0 aliphatic rings. The predicted molar refractivity (Wildman–Crippen MR) is 68.4 cm³/mol. The highest BCUT2D eigenvalue weighted by molar-refractivity contribution is 5.60. The maximum Gasteiger partial charge on any atom is 0.0921 e. The highest BCUT2D eigenvalue weighted by Crippen LogP contribution is 2.23. The average molecular weight is 235 g/mol. The van der Waals surface area contributed by atoms with Gasteiger partial charge in [0.1, 0.15) is 0 Å². The van der Waals surface area contributed by atoms with E-state index in [1.54, 1.807) is 6.07 Å². The Hall–Kier alpha value is -2.55. The second-order valence-corrected chi connectivity index (χ2v) is 3.98. The van der Waals surface area contributed by atoms with E-state index in [4.69, 9.17) is 0 Å². The Kier molecular flexibility index (Phi) is 2.57. The lowest BCUT2D eigenvalue weighted by Crippen LogP contribution is -2.02. The Balaban J connectivity index is 2.07. The van der Waals surface area contributed by atoms with E-state index in [1.807, 2.05) is 60.7 Å². The first-order chi connectivity index (χ1) is 8.84. The molecule has 0 N–H and O–H groups in total. The van der Waals surface area contributed by atoms with Gasteiger partial charge in [0.15, 0.2) is 0 Å². The highest BCUT2D eigenvalue weighted by Gasteiger charge is 2.04. The van der Waals surface area contributed by atoms with E-state index in [0.717, 1.165) is 11.3 Å². The van der Waals surface area contributed by atoms with E-state index in [0.29, 0.717) is 5.69 Å². The first-order valence-electron chi connectivity index (χ1n) is 5.72. The van der Waals surface area contributed by atoms with E-state index in [-0.39, 0.29) is 5.88 Å². The third-order valence-corrected chi connectivity index (χ3v) is 2.75. The fourth-order valence-electron chi connectivity index (χ4n) is 1.87. The van der Waals surface area contributed by atoms with Gasteiger partial charge in [0.2, 0.25) is 0 Å². The Bertz CT molecular complexity index is 645. The van der Waals surface area contributed by atoms with Crippen LogP contribution in [0.1, 0.15) is 0 Å². The second-order valence-electron chi connectivity index (χ2n) is 3.98. The SMILES string of the molecule is [O-]c1cc(-c2ccccc2)nn1-c1ccccc1. The summed E-state index contributed by atoms with van der Waals surface area (Å²) in [5.41, 5.74) is 2.43. The zero-order valence-electron chi connectivity index (χ0n) is 9.65. The quantitative estimate of drug-likeness (QED) is 0.685. The van der Waals surface area contributed by atoms with Gasteiger partial charge in [-0.05, 0) is 24.1 Å². The van der Waals surface area contributed by atoms with Gasteiger partial charge in [0.25, 0.3) is 0 Å². The van der Waals surface area contributed by atoms with Crippen molar-refractivity contribution in [2.75, 3.05) is 0 Å². The van der Waals surface area contributed by atoms with Crippen LogP contribution in [-0.2, 0) is 0 Å². The van der Waals surface area contributed by atoms with Crippen LogP contribution in [0.5, 0.6) is 5.88 Å². The summed E-state index contributed by atoms with van der Waals surface area (Å²) in [4.78, 5) is 0. The van der Waals surface area contributed by atoms with E-state index >= 15 is 0 Å². The van der Waals surface area contributed by atoms with Crippen LogP contribution < -0.4 is 5.11 Å². The molecule has 0 bridgehead atoms. The number of benzene rings is 2. The molecule has 0 aliphatic carbocycles. The molecule has 2 aromatic carbocycles. The summed E-state index contributed by atoms with van der Waals surface area (Å²) in [5.74, 6) is -0.111. The Morgan fingerprint density at radius 2 is 1.44 bits per heavy atom. The van der Waals surface area contributed by atoms with Crippen molar-refractivity contribution in [3.8, 4) is 22.8 Å². The van der Waals surface area contributed by atoms with Crippen LogP contribution >= 0.6 is 0 Å². The zero-order valence-corrected chi connectivity index (χ0v) is 9.65. The van der Waals surface area contributed by atoms with Crippen LogP contribution in [0.4, 0.5) is 0 Å². The summed E-state index contributed by atoms with van der Waals surface area (Å²) in [5, 5.41) is 16.3. The maximum atomic E-state index is 11.9.